The molecule has 1 aliphatic rings. The van der Waals surface area contributed by atoms with Crippen molar-refractivity contribution >= 4 is 16.9 Å². The molecule has 3 aromatic rings. The first-order valence-electron chi connectivity index (χ1n) is 10.6. The number of aryl methyl sites for hydroxylation is 1. The van der Waals surface area contributed by atoms with Gasteiger partial charge in [0, 0.05) is 31.5 Å². The van der Waals surface area contributed by atoms with Crippen LogP contribution in [0.25, 0.3) is 11.0 Å². The minimum atomic E-state index is -0.558. The molecule has 9 heteroatoms. The number of carbonyl (C=O) groups excluding carboxylic acids is 1. The molecular formula is C22H25N5O4. The standard InChI is InChI=1S/C22H25N5O4/c1-2-9-27-19-17(21(29)26-22(27)30)11-15(13-24-19)20(28)25-12-14-7-8-23-18(10-14)31-16-5-3-4-6-16/h7-8,10-11,13,16H,2-6,9,12H2,1H3,(H,25,28)(H,26,29,30). The molecule has 0 spiro atoms. The Balaban J connectivity index is 1.49. The Morgan fingerprint density at radius 3 is 2.84 bits per heavy atom. The van der Waals surface area contributed by atoms with Gasteiger partial charge in [0.25, 0.3) is 11.5 Å². The second-order valence-electron chi connectivity index (χ2n) is 7.72. The van der Waals surface area contributed by atoms with E-state index in [-0.39, 0.29) is 35.2 Å². The zero-order valence-electron chi connectivity index (χ0n) is 17.4. The van der Waals surface area contributed by atoms with Gasteiger partial charge in [0.15, 0.2) is 0 Å². The fourth-order valence-corrected chi connectivity index (χ4v) is 3.81. The fourth-order valence-electron chi connectivity index (χ4n) is 3.81. The summed E-state index contributed by atoms with van der Waals surface area (Å²) in [6, 6.07) is 5.10. The van der Waals surface area contributed by atoms with E-state index in [1.807, 2.05) is 19.1 Å². The van der Waals surface area contributed by atoms with Crippen molar-refractivity contribution in [1.82, 2.24) is 24.8 Å². The molecule has 3 aromatic heterocycles. The first-order valence-corrected chi connectivity index (χ1v) is 10.6. The maximum absolute atomic E-state index is 12.6. The van der Waals surface area contributed by atoms with Crippen molar-refractivity contribution in [3.63, 3.8) is 0 Å². The predicted octanol–water partition coefficient (Wildman–Crippen LogP) is 2.14. The van der Waals surface area contributed by atoms with Crippen LogP contribution in [0.1, 0.15) is 54.9 Å². The molecule has 1 saturated carbocycles. The molecule has 4 rings (SSSR count). The number of nitrogens with zero attached hydrogens (tertiary/aromatic N) is 3. The Hall–Kier alpha value is -3.49. The monoisotopic (exact) mass is 423 g/mol. The lowest BCUT2D eigenvalue weighted by Gasteiger charge is -2.13. The maximum atomic E-state index is 12.6. The molecule has 1 fully saturated rings. The van der Waals surface area contributed by atoms with E-state index >= 15 is 0 Å². The molecule has 162 valence electrons. The molecule has 0 atom stereocenters. The molecule has 0 aromatic carbocycles. The Labute approximate surface area is 178 Å². The van der Waals surface area contributed by atoms with Gasteiger partial charge in [-0.25, -0.2) is 14.8 Å². The molecule has 2 N–H and O–H groups in total. The average Bonchev–Trinajstić information content (AvgIpc) is 3.28. The van der Waals surface area contributed by atoms with Crippen LogP contribution in [0.4, 0.5) is 0 Å². The minimum Gasteiger partial charge on any atom is -0.474 e. The molecule has 0 bridgehead atoms. The van der Waals surface area contributed by atoms with Crippen molar-refractivity contribution in [2.24, 2.45) is 0 Å². The Morgan fingerprint density at radius 2 is 2.06 bits per heavy atom. The quantitative estimate of drug-likeness (QED) is 0.601. The van der Waals surface area contributed by atoms with Crippen molar-refractivity contribution in [3.05, 3.63) is 62.6 Å². The van der Waals surface area contributed by atoms with Crippen LogP contribution in [0, 0.1) is 0 Å². The van der Waals surface area contributed by atoms with E-state index in [4.69, 9.17) is 4.74 Å². The maximum Gasteiger partial charge on any atom is 0.329 e. The van der Waals surface area contributed by atoms with E-state index in [1.165, 1.54) is 29.7 Å². The van der Waals surface area contributed by atoms with Gasteiger partial charge >= 0.3 is 5.69 Å². The molecule has 0 unspecified atom stereocenters. The number of hydrogen-bond donors (Lipinski definition) is 2. The zero-order chi connectivity index (χ0) is 21.8. The van der Waals surface area contributed by atoms with E-state index < -0.39 is 11.2 Å². The number of aromatic amines is 1. The molecule has 0 aliphatic heterocycles. The van der Waals surface area contributed by atoms with Crippen LogP contribution < -0.4 is 21.3 Å². The summed E-state index contributed by atoms with van der Waals surface area (Å²) in [5.74, 6) is 0.198. The molecule has 1 amide bonds. The van der Waals surface area contributed by atoms with E-state index in [0.717, 1.165) is 18.4 Å². The fraction of sp³-hybridized carbons (Fsp3) is 0.409. The van der Waals surface area contributed by atoms with E-state index in [9.17, 15) is 14.4 Å². The number of hydrogen-bond acceptors (Lipinski definition) is 6. The number of carbonyl (C=O) groups is 1. The van der Waals surface area contributed by atoms with Gasteiger partial charge < -0.3 is 10.1 Å². The average molecular weight is 423 g/mol. The summed E-state index contributed by atoms with van der Waals surface area (Å²) in [6.45, 7) is 2.64. The van der Waals surface area contributed by atoms with Crippen LogP contribution in [0.2, 0.25) is 0 Å². The second kappa shape index (κ2) is 9.11. The van der Waals surface area contributed by atoms with Crippen LogP contribution in [0.15, 0.2) is 40.2 Å². The number of fused-ring (bicyclic) bond motifs is 1. The minimum absolute atomic E-state index is 0.205. The van der Waals surface area contributed by atoms with E-state index in [1.54, 1.807) is 6.20 Å². The Bertz CT molecular complexity index is 1210. The molecular weight excluding hydrogens is 398 g/mol. The molecule has 0 saturated heterocycles. The highest BCUT2D eigenvalue weighted by molar-refractivity contribution is 5.96. The highest BCUT2D eigenvalue weighted by atomic mass is 16.5. The topological polar surface area (TPSA) is 119 Å². The largest absolute Gasteiger partial charge is 0.474 e. The second-order valence-corrected chi connectivity index (χ2v) is 7.72. The number of nitrogens with one attached hydrogen (secondary N) is 2. The number of ether oxygens (including phenoxy) is 1. The number of aromatic nitrogens is 4. The summed E-state index contributed by atoms with van der Waals surface area (Å²) < 4.78 is 7.31. The van der Waals surface area contributed by atoms with Gasteiger partial charge in [-0.15, -0.1) is 0 Å². The lowest BCUT2D eigenvalue weighted by molar-refractivity contribution is 0.0950. The first-order chi connectivity index (χ1) is 15.0. The van der Waals surface area contributed by atoms with Crippen LogP contribution in [-0.2, 0) is 13.1 Å². The van der Waals surface area contributed by atoms with Crippen LogP contribution >= 0.6 is 0 Å². The van der Waals surface area contributed by atoms with E-state index in [2.05, 4.69) is 20.3 Å². The summed E-state index contributed by atoms with van der Waals surface area (Å²) in [7, 11) is 0. The molecule has 31 heavy (non-hydrogen) atoms. The lowest BCUT2D eigenvalue weighted by atomic mass is 10.2. The van der Waals surface area contributed by atoms with Gasteiger partial charge in [-0.05, 0) is 49.8 Å². The van der Waals surface area contributed by atoms with Gasteiger partial charge in [0.1, 0.15) is 11.8 Å². The zero-order valence-corrected chi connectivity index (χ0v) is 17.4. The smallest absolute Gasteiger partial charge is 0.329 e. The van der Waals surface area contributed by atoms with Crippen molar-refractivity contribution in [2.45, 2.75) is 58.2 Å². The van der Waals surface area contributed by atoms with Gasteiger partial charge in [-0.1, -0.05) is 6.92 Å². The van der Waals surface area contributed by atoms with Crippen molar-refractivity contribution < 1.29 is 9.53 Å². The number of amides is 1. The van der Waals surface area contributed by atoms with Gasteiger partial charge in [0.05, 0.1) is 10.9 Å². The third kappa shape index (κ3) is 4.65. The normalized spacial score (nSPS) is 14.1. The number of rotatable bonds is 7. The third-order valence-corrected chi connectivity index (χ3v) is 5.38. The van der Waals surface area contributed by atoms with Crippen molar-refractivity contribution in [2.75, 3.05) is 0 Å². The molecule has 9 nitrogen and oxygen atoms in total. The van der Waals surface area contributed by atoms with Gasteiger partial charge in [0.2, 0.25) is 5.88 Å². The highest BCUT2D eigenvalue weighted by Crippen LogP contribution is 2.23. The summed E-state index contributed by atoms with van der Waals surface area (Å²) >= 11 is 0. The SMILES string of the molecule is CCCn1c(=O)[nH]c(=O)c2cc(C(=O)NCc3ccnc(OC4CCCC4)c3)cnc21. The van der Waals surface area contributed by atoms with Crippen molar-refractivity contribution in [1.29, 1.82) is 0 Å². The first kappa shape index (κ1) is 20.8. The van der Waals surface area contributed by atoms with E-state index in [0.29, 0.717) is 18.8 Å². The number of H-pyrrole nitrogens is 1. The van der Waals surface area contributed by atoms with Gasteiger partial charge in [-0.2, -0.15) is 0 Å². The molecule has 0 radical (unpaired) electrons. The summed E-state index contributed by atoms with van der Waals surface area (Å²) in [4.78, 5) is 47.7. The molecule has 1 aliphatic carbocycles. The molecule has 3 heterocycles. The van der Waals surface area contributed by atoms with Gasteiger partial charge in [-0.3, -0.25) is 19.1 Å². The lowest BCUT2D eigenvalue weighted by Crippen LogP contribution is -2.31. The predicted molar refractivity (Wildman–Crippen MR) is 115 cm³/mol. The van der Waals surface area contributed by atoms with Crippen LogP contribution in [-0.4, -0.2) is 31.5 Å². The number of pyridine rings is 2. The van der Waals surface area contributed by atoms with Crippen molar-refractivity contribution in [3.8, 4) is 5.88 Å². The summed E-state index contributed by atoms with van der Waals surface area (Å²) in [5.41, 5.74) is 0.320. The Kier molecular flexibility index (Phi) is 6.11. The van der Waals surface area contributed by atoms with Crippen LogP contribution in [0.3, 0.4) is 0 Å². The van der Waals surface area contributed by atoms with Crippen LogP contribution in [0.5, 0.6) is 5.88 Å². The Morgan fingerprint density at radius 1 is 1.26 bits per heavy atom. The summed E-state index contributed by atoms with van der Waals surface area (Å²) in [5, 5.41) is 3.03. The summed E-state index contributed by atoms with van der Waals surface area (Å²) in [6.07, 6.45) is 8.41. The highest BCUT2D eigenvalue weighted by Gasteiger charge is 2.17. The third-order valence-electron chi connectivity index (χ3n) is 5.38.